The van der Waals surface area contributed by atoms with E-state index in [4.69, 9.17) is 12.2 Å². The van der Waals surface area contributed by atoms with Crippen LogP contribution in [0.15, 0.2) is 31.0 Å². The molecule has 0 amide bonds. The highest BCUT2D eigenvalue weighted by Gasteiger charge is 1.85. The number of pyridine rings is 1. The van der Waals surface area contributed by atoms with Crippen molar-refractivity contribution < 1.29 is 0 Å². The van der Waals surface area contributed by atoms with Crippen LogP contribution in [-0.4, -0.2) is 4.98 Å². The Bertz CT molecular complexity index is 275. The fourth-order valence-electron chi connectivity index (χ4n) is 0.766. The van der Waals surface area contributed by atoms with Gasteiger partial charge in [0, 0.05) is 22.8 Å². The maximum absolute atomic E-state index is 4.96. The molecule has 1 aromatic rings. The Hall–Kier alpha value is -0.890. The molecule has 0 atom stereocenters. The second kappa shape index (κ2) is 3.32. The first-order chi connectivity index (χ1) is 4.83. The molecule has 0 aliphatic heterocycles. The summed E-state index contributed by atoms with van der Waals surface area (Å²) in [7, 11) is 0. The van der Waals surface area contributed by atoms with Crippen molar-refractivity contribution in [2.45, 2.75) is 6.42 Å². The molecule has 0 saturated carbocycles. The van der Waals surface area contributed by atoms with Crippen LogP contribution in [0.2, 0.25) is 0 Å². The topological polar surface area (TPSA) is 15.8 Å². The Morgan fingerprint density at radius 2 is 2.50 bits per heavy atom. The van der Waals surface area contributed by atoms with Gasteiger partial charge >= 0.3 is 0 Å². The minimum atomic E-state index is 0.852. The number of allylic oxidation sites excluding steroid dienone is 1. The minimum Gasteiger partial charge on any atom is -0.365 e. The lowest BCUT2D eigenvalue weighted by Crippen LogP contribution is -1.84. The highest BCUT2D eigenvalue weighted by Crippen LogP contribution is 1.96. The van der Waals surface area contributed by atoms with E-state index in [2.05, 4.69) is 11.6 Å². The van der Waals surface area contributed by atoms with Gasteiger partial charge in [-0.1, -0.05) is 18.3 Å². The second-order valence-corrected chi connectivity index (χ2v) is 2.51. The van der Waals surface area contributed by atoms with Crippen LogP contribution in [0.1, 0.15) is 5.69 Å². The summed E-state index contributed by atoms with van der Waals surface area (Å²) in [5, 5.41) is 0. The van der Waals surface area contributed by atoms with E-state index in [1.54, 1.807) is 0 Å². The number of aromatic nitrogens is 1. The van der Waals surface area contributed by atoms with Crippen molar-refractivity contribution in [3.63, 3.8) is 0 Å². The van der Waals surface area contributed by atoms with E-state index in [-0.39, 0.29) is 0 Å². The van der Waals surface area contributed by atoms with Crippen LogP contribution in [-0.2, 0) is 6.42 Å². The summed E-state index contributed by atoms with van der Waals surface area (Å²) in [6, 6.07) is 3.80. The average molecular weight is 151 g/mol. The number of nitrogens with one attached hydrogen (secondary N) is 1. The molecular formula is C8H9NS. The van der Waals surface area contributed by atoms with Crippen molar-refractivity contribution >= 4 is 12.2 Å². The van der Waals surface area contributed by atoms with Gasteiger partial charge in [0.25, 0.3) is 0 Å². The molecule has 0 aliphatic carbocycles. The molecule has 1 nitrogen and oxygen atoms in total. The Labute approximate surface area is 65.4 Å². The highest BCUT2D eigenvalue weighted by molar-refractivity contribution is 7.71. The van der Waals surface area contributed by atoms with E-state index >= 15 is 0 Å². The molecule has 0 radical (unpaired) electrons. The number of hydrogen-bond acceptors (Lipinski definition) is 1. The number of rotatable bonds is 2. The number of aromatic amines is 1. The molecular weight excluding hydrogens is 142 g/mol. The van der Waals surface area contributed by atoms with E-state index in [1.807, 2.05) is 24.4 Å². The smallest absolute Gasteiger partial charge is 0.0408 e. The van der Waals surface area contributed by atoms with Gasteiger partial charge in [0.2, 0.25) is 0 Å². The van der Waals surface area contributed by atoms with Crippen molar-refractivity contribution in [3.05, 3.63) is 41.2 Å². The van der Waals surface area contributed by atoms with Crippen LogP contribution >= 0.6 is 12.2 Å². The van der Waals surface area contributed by atoms with Crippen molar-refractivity contribution in [1.82, 2.24) is 4.98 Å². The van der Waals surface area contributed by atoms with Gasteiger partial charge in [-0.2, -0.15) is 0 Å². The molecule has 0 aromatic carbocycles. The summed E-state index contributed by atoms with van der Waals surface area (Å²) < 4.78 is 0.871. The van der Waals surface area contributed by atoms with Gasteiger partial charge in [-0.25, -0.2) is 0 Å². The van der Waals surface area contributed by atoms with Crippen LogP contribution in [0, 0.1) is 4.51 Å². The lowest BCUT2D eigenvalue weighted by Gasteiger charge is -1.93. The predicted molar refractivity (Wildman–Crippen MR) is 45.5 cm³/mol. The molecule has 0 fully saturated rings. The zero-order chi connectivity index (χ0) is 7.40. The molecule has 0 aliphatic rings. The molecule has 1 heterocycles. The molecule has 1 N–H and O–H groups in total. The fraction of sp³-hybridized carbons (Fsp3) is 0.125. The maximum Gasteiger partial charge on any atom is 0.0408 e. The molecule has 0 bridgehead atoms. The van der Waals surface area contributed by atoms with Gasteiger partial charge in [-0.15, -0.1) is 6.58 Å². The SMILES string of the molecule is C=CCc1cc(=S)cc[nH]1. The molecule has 10 heavy (non-hydrogen) atoms. The molecule has 1 rings (SSSR count). The summed E-state index contributed by atoms with van der Waals surface area (Å²) in [6.07, 6.45) is 4.55. The first kappa shape index (κ1) is 7.22. The largest absolute Gasteiger partial charge is 0.365 e. The van der Waals surface area contributed by atoms with Crippen molar-refractivity contribution in [3.8, 4) is 0 Å². The van der Waals surface area contributed by atoms with E-state index in [0.29, 0.717) is 0 Å². The predicted octanol–water partition coefficient (Wildman–Crippen LogP) is 2.47. The average Bonchev–Trinajstić information content (AvgIpc) is 1.88. The summed E-state index contributed by atoms with van der Waals surface area (Å²) in [4.78, 5) is 3.07. The summed E-state index contributed by atoms with van der Waals surface area (Å²) >= 11 is 4.96. The lowest BCUT2D eigenvalue weighted by atomic mass is 10.3. The first-order valence-electron chi connectivity index (χ1n) is 3.11. The molecule has 1 aromatic heterocycles. The van der Waals surface area contributed by atoms with Crippen LogP contribution in [0.25, 0.3) is 0 Å². The lowest BCUT2D eigenvalue weighted by molar-refractivity contribution is 1.11. The van der Waals surface area contributed by atoms with Gasteiger partial charge in [0.05, 0.1) is 0 Å². The summed E-state index contributed by atoms with van der Waals surface area (Å²) in [5.41, 5.74) is 1.11. The quantitative estimate of drug-likeness (QED) is 0.507. The van der Waals surface area contributed by atoms with E-state index < -0.39 is 0 Å². The van der Waals surface area contributed by atoms with Gasteiger partial charge in [-0.3, -0.25) is 0 Å². The Balaban J connectivity index is 2.95. The minimum absolute atomic E-state index is 0.852. The van der Waals surface area contributed by atoms with Crippen LogP contribution < -0.4 is 0 Å². The Morgan fingerprint density at radius 3 is 3.10 bits per heavy atom. The fourth-order valence-corrected chi connectivity index (χ4v) is 0.976. The van der Waals surface area contributed by atoms with Gasteiger partial charge in [0.15, 0.2) is 0 Å². The van der Waals surface area contributed by atoms with E-state index in [1.165, 1.54) is 0 Å². The van der Waals surface area contributed by atoms with Crippen molar-refractivity contribution in [2.24, 2.45) is 0 Å². The molecule has 52 valence electrons. The van der Waals surface area contributed by atoms with Crippen molar-refractivity contribution in [2.75, 3.05) is 0 Å². The normalized spacial score (nSPS) is 9.20. The number of H-pyrrole nitrogens is 1. The molecule has 0 saturated heterocycles. The van der Waals surface area contributed by atoms with Gasteiger partial charge in [0.1, 0.15) is 0 Å². The van der Waals surface area contributed by atoms with Crippen molar-refractivity contribution in [1.29, 1.82) is 0 Å². The zero-order valence-corrected chi connectivity index (χ0v) is 6.45. The summed E-state index contributed by atoms with van der Waals surface area (Å²) in [6.45, 7) is 3.63. The molecule has 0 unspecified atom stereocenters. The standard InChI is InChI=1S/C8H9NS/c1-2-3-7-6-8(10)4-5-9-7/h2,4-6H,1,3H2,(H,9,10). The summed E-state index contributed by atoms with van der Waals surface area (Å²) in [5.74, 6) is 0. The van der Waals surface area contributed by atoms with Crippen LogP contribution in [0.3, 0.4) is 0 Å². The van der Waals surface area contributed by atoms with Gasteiger partial charge < -0.3 is 4.98 Å². The number of hydrogen-bond donors (Lipinski definition) is 1. The third-order valence-corrected chi connectivity index (χ3v) is 1.45. The first-order valence-corrected chi connectivity index (χ1v) is 3.52. The third-order valence-electron chi connectivity index (χ3n) is 1.20. The molecule has 2 heteroatoms. The Kier molecular flexibility index (Phi) is 2.40. The second-order valence-electron chi connectivity index (χ2n) is 2.04. The van der Waals surface area contributed by atoms with E-state index in [0.717, 1.165) is 16.6 Å². The molecule has 0 spiro atoms. The van der Waals surface area contributed by atoms with Gasteiger partial charge in [-0.05, 0) is 12.1 Å². The zero-order valence-electron chi connectivity index (χ0n) is 5.63. The monoisotopic (exact) mass is 151 g/mol. The van der Waals surface area contributed by atoms with Crippen LogP contribution in [0.5, 0.6) is 0 Å². The maximum atomic E-state index is 4.96. The third kappa shape index (κ3) is 1.81. The Morgan fingerprint density at radius 1 is 1.70 bits per heavy atom. The van der Waals surface area contributed by atoms with Crippen LogP contribution in [0.4, 0.5) is 0 Å². The van der Waals surface area contributed by atoms with E-state index in [9.17, 15) is 0 Å². The highest BCUT2D eigenvalue weighted by atomic mass is 32.1.